The molecule has 3 rings (SSSR count). The molecular formula is C14H20N4OS. The number of hydrogen-bond donors (Lipinski definition) is 1. The third kappa shape index (κ3) is 3.23. The third-order valence-electron chi connectivity index (χ3n) is 3.81. The van der Waals surface area contributed by atoms with E-state index in [1.54, 1.807) is 12.4 Å². The van der Waals surface area contributed by atoms with Gasteiger partial charge in [0.2, 0.25) is 0 Å². The lowest BCUT2D eigenvalue weighted by Gasteiger charge is -2.26. The van der Waals surface area contributed by atoms with E-state index < -0.39 is 0 Å². The first-order valence-corrected chi connectivity index (χ1v) is 8.37. The van der Waals surface area contributed by atoms with Crippen LogP contribution in [0.15, 0.2) is 12.4 Å². The van der Waals surface area contributed by atoms with Crippen molar-refractivity contribution in [1.82, 2.24) is 14.9 Å². The molecule has 2 aliphatic rings. The molecule has 0 unspecified atom stereocenters. The Hall–Kier alpha value is -1.30. The van der Waals surface area contributed by atoms with Gasteiger partial charge in [0.25, 0.3) is 0 Å². The van der Waals surface area contributed by atoms with Gasteiger partial charge in [0.1, 0.15) is 5.82 Å². The van der Waals surface area contributed by atoms with Gasteiger partial charge in [0, 0.05) is 24.3 Å². The van der Waals surface area contributed by atoms with Gasteiger partial charge in [-0.3, -0.25) is 0 Å². The maximum Gasteiger partial charge on any atom is 0.322 e. The van der Waals surface area contributed by atoms with Crippen LogP contribution >= 0.6 is 11.8 Å². The number of aromatic nitrogens is 2. The van der Waals surface area contributed by atoms with Crippen molar-refractivity contribution in [1.29, 1.82) is 0 Å². The number of urea groups is 1. The van der Waals surface area contributed by atoms with Crippen LogP contribution in [0.3, 0.4) is 0 Å². The highest BCUT2D eigenvalue weighted by molar-refractivity contribution is 7.99. The zero-order valence-corrected chi connectivity index (χ0v) is 12.5. The van der Waals surface area contributed by atoms with Gasteiger partial charge in [-0.1, -0.05) is 0 Å². The van der Waals surface area contributed by atoms with Crippen molar-refractivity contribution in [2.45, 2.75) is 38.1 Å². The number of nitrogens with zero attached hydrogens (tertiary/aromatic N) is 3. The molecule has 1 saturated carbocycles. The lowest BCUT2D eigenvalue weighted by Crippen LogP contribution is -2.42. The highest BCUT2D eigenvalue weighted by Gasteiger charge is 2.26. The van der Waals surface area contributed by atoms with E-state index in [1.807, 2.05) is 16.7 Å². The molecule has 1 saturated heterocycles. The topological polar surface area (TPSA) is 58.1 Å². The van der Waals surface area contributed by atoms with E-state index in [4.69, 9.17) is 0 Å². The number of amides is 2. The van der Waals surface area contributed by atoms with Crippen LogP contribution in [-0.4, -0.2) is 45.0 Å². The summed E-state index contributed by atoms with van der Waals surface area (Å²) < 4.78 is 0. The SMILES string of the molecule is C[C@@H]1CCSCCN1C(=O)Nc1cnc(C2CC2)nc1. The average molecular weight is 292 g/mol. The molecule has 1 aromatic heterocycles. The van der Waals surface area contributed by atoms with Gasteiger partial charge in [-0.05, 0) is 31.9 Å². The summed E-state index contributed by atoms with van der Waals surface area (Å²) in [6.45, 7) is 2.91. The maximum absolute atomic E-state index is 12.3. The van der Waals surface area contributed by atoms with Crippen LogP contribution in [0.1, 0.15) is 37.9 Å². The van der Waals surface area contributed by atoms with E-state index in [0.717, 1.165) is 30.3 Å². The van der Waals surface area contributed by atoms with E-state index in [-0.39, 0.29) is 12.1 Å². The van der Waals surface area contributed by atoms with Crippen molar-refractivity contribution in [2.24, 2.45) is 0 Å². The predicted molar refractivity (Wildman–Crippen MR) is 81.1 cm³/mol. The van der Waals surface area contributed by atoms with Crippen molar-refractivity contribution in [3.05, 3.63) is 18.2 Å². The lowest BCUT2D eigenvalue weighted by atomic mass is 10.2. The minimum Gasteiger partial charge on any atom is -0.321 e. The zero-order valence-electron chi connectivity index (χ0n) is 11.7. The molecule has 1 aromatic rings. The van der Waals surface area contributed by atoms with Gasteiger partial charge >= 0.3 is 6.03 Å². The average Bonchev–Trinajstić information content (AvgIpc) is 3.27. The summed E-state index contributed by atoms with van der Waals surface area (Å²) in [6, 6.07) is 0.249. The van der Waals surface area contributed by atoms with Crippen LogP contribution in [-0.2, 0) is 0 Å². The molecule has 0 aromatic carbocycles. The number of hydrogen-bond acceptors (Lipinski definition) is 4. The maximum atomic E-state index is 12.3. The zero-order chi connectivity index (χ0) is 13.9. The van der Waals surface area contributed by atoms with Crippen molar-refractivity contribution >= 4 is 23.5 Å². The van der Waals surface area contributed by atoms with Gasteiger partial charge in [-0.2, -0.15) is 11.8 Å². The molecule has 5 nitrogen and oxygen atoms in total. The number of carbonyl (C=O) groups is 1. The van der Waals surface area contributed by atoms with Crippen LogP contribution in [0.4, 0.5) is 10.5 Å². The highest BCUT2D eigenvalue weighted by Crippen LogP contribution is 2.37. The van der Waals surface area contributed by atoms with Crippen LogP contribution in [0.2, 0.25) is 0 Å². The van der Waals surface area contributed by atoms with Crippen molar-refractivity contribution < 1.29 is 4.79 Å². The van der Waals surface area contributed by atoms with Crippen molar-refractivity contribution in [3.63, 3.8) is 0 Å². The van der Waals surface area contributed by atoms with Crippen LogP contribution in [0.5, 0.6) is 0 Å². The summed E-state index contributed by atoms with van der Waals surface area (Å²) in [4.78, 5) is 22.9. The molecular weight excluding hydrogens is 272 g/mol. The number of thioether (sulfide) groups is 1. The molecule has 2 fully saturated rings. The van der Waals surface area contributed by atoms with E-state index in [2.05, 4.69) is 22.2 Å². The second-order valence-corrected chi connectivity index (χ2v) is 6.70. The Bertz CT molecular complexity index is 475. The standard InChI is InChI=1S/C14H20N4OS/c1-10-4-6-20-7-5-18(10)14(19)17-12-8-15-13(16-9-12)11-2-3-11/h8-11H,2-7H2,1H3,(H,17,19)/t10-/m1/s1. The van der Waals surface area contributed by atoms with E-state index in [9.17, 15) is 4.79 Å². The Morgan fingerprint density at radius 2 is 2.05 bits per heavy atom. The second-order valence-electron chi connectivity index (χ2n) is 5.48. The molecule has 1 atom stereocenters. The molecule has 108 valence electrons. The van der Waals surface area contributed by atoms with Gasteiger partial charge in [0.15, 0.2) is 0 Å². The predicted octanol–water partition coefficient (Wildman–Crippen LogP) is 2.71. The van der Waals surface area contributed by atoms with E-state index in [0.29, 0.717) is 11.6 Å². The van der Waals surface area contributed by atoms with Crippen LogP contribution in [0, 0.1) is 0 Å². The summed E-state index contributed by atoms with van der Waals surface area (Å²) in [7, 11) is 0. The quantitative estimate of drug-likeness (QED) is 0.910. The number of carbonyl (C=O) groups excluding carboxylic acids is 1. The molecule has 1 aliphatic heterocycles. The van der Waals surface area contributed by atoms with Crippen LogP contribution < -0.4 is 5.32 Å². The molecule has 20 heavy (non-hydrogen) atoms. The molecule has 2 heterocycles. The van der Waals surface area contributed by atoms with Gasteiger partial charge in [-0.25, -0.2) is 14.8 Å². The Morgan fingerprint density at radius 3 is 2.75 bits per heavy atom. The molecule has 1 aliphatic carbocycles. The normalized spacial score (nSPS) is 23.2. The fraction of sp³-hybridized carbons (Fsp3) is 0.643. The fourth-order valence-electron chi connectivity index (χ4n) is 2.35. The Kier molecular flexibility index (Phi) is 4.10. The lowest BCUT2D eigenvalue weighted by molar-refractivity contribution is 0.197. The summed E-state index contributed by atoms with van der Waals surface area (Å²) in [6.07, 6.45) is 6.87. The molecule has 0 spiro atoms. The molecule has 0 radical (unpaired) electrons. The fourth-order valence-corrected chi connectivity index (χ4v) is 3.38. The second kappa shape index (κ2) is 5.99. The van der Waals surface area contributed by atoms with Gasteiger partial charge in [-0.15, -0.1) is 0 Å². The molecule has 2 amide bonds. The first kappa shape index (κ1) is 13.7. The summed E-state index contributed by atoms with van der Waals surface area (Å²) in [5, 5.41) is 2.91. The van der Waals surface area contributed by atoms with Gasteiger partial charge < -0.3 is 10.2 Å². The van der Waals surface area contributed by atoms with Crippen LogP contribution in [0.25, 0.3) is 0 Å². The summed E-state index contributed by atoms with van der Waals surface area (Å²) >= 11 is 1.91. The summed E-state index contributed by atoms with van der Waals surface area (Å²) in [5.41, 5.74) is 0.684. The Balaban J connectivity index is 1.61. The molecule has 6 heteroatoms. The first-order valence-electron chi connectivity index (χ1n) is 7.21. The first-order chi connectivity index (χ1) is 9.74. The smallest absolute Gasteiger partial charge is 0.321 e. The minimum absolute atomic E-state index is 0.0391. The monoisotopic (exact) mass is 292 g/mol. The molecule has 1 N–H and O–H groups in total. The van der Waals surface area contributed by atoms with Gasteiger partial charge in [0.05, 0.1) is 18.1 Å². The van der Waals surface area contributed by atoms with Crippen molar-refractivity contribution in [2.75, 3.05) is 23.4 Å². The number of rotatable bonds is 2. The Labute approximate surface area is 123 Å². The van der Waals surface area contributed by atoms with E-state index >= 15 is 0 Å². The Morgan fingerprint density at radius 1 is 1.30 bits per heavy atom. The number of nitrogens with one attached hydrogen (secondary N) is 1. The third-order valence-corrected chi connectivity index (χ3v) is 4.81. The largest absolute Gasteiger partial charge is 0.322 e. The van der Waals surface area contributed by atoms with E-state index in [1.165, 1.54) is 12.8 Å². The highest BCUT2D eigenvalue weighted by atomic mass is 32.2. The summed E-state index contributed by atoms with van der Waals surface area (Å²) in [5.74, 6) is 3.59. The van der Waals surface area contributed by atoms with Crippen molar-refractivity contribution in [3.8, 4) is 0 Å². The minimum atomic E-state index is -0.0391. The molecule has 0 bridgehead atoms. The number of anilines is 1.